The summed E-state index contributed by atoms with van der Waals surface area (Å²) < 4.78 is 29.8. The Kier molecular flexibility index (Phi) is 5.40. The van der Waals surface area contributed by atoms with Crippen LogP contribution in [-0.4, -0.2) is 48.9 Å². The van der Waals surface area contributed by atoms with E-state index in [2.05, 4.69) is 4.99 Å². The Labute approximate surface area is 174 Å². The molecule has 2 aliphatic heterocycles. The van der Waals surface area contributed by atoms with Gasteiger partial charge in [-0.25, -0.2) is 8.42 Å². The lowest BCUT2D eigenvalue weighted by Gasteiger charge is -2.25. The number of anilines is 1. The Morgan fingerprint density at radius 3 is 2.62 bits per heavy atom. The normalized spacial score (nSPS) is 23.9. The van der Waals surface area contributed by atoms with Crippen LogP contribution >= 0.6 is 11.8 Å². The van der Waals surface area contributed by atoms with Gasteiger partial charge in [0, 0.05) is 10.9 Å². The lowest BCUT2D eigenvalue weighted by atomic mass is 10.1. The molecule has 0 aliphatic carbocycles. The van der Waals surface area contributed by atoms with Crippen LogP contribution in [0.3, 0.4) is 0 Å². The molecule has 2 atom stereocenters. The molecule has 0 bridgehead atoms. The van der Waals surface area contributed by atoms with Crippen LogP contribution in [0.15, 0.2) is 53.5 Å². The molecule has 0 saturated carbocycles. The molecular weight excluding hydrogens is 408 g/mol. The highest BCUT2D eigenvalue weighted by molar-refractivity contribution is 8.16. The summed E-state index contributed by atoms with van der Waals surface area (Å²) in [5, 5.41) is 0.419. The number of aliphatic imine (C=N–C) groups is 1. The van der Waals surface area contributed by atoms with Gasteiger partial charge in [-0.05, 0) is 49.2 Å². The summed E-state index contributed by atoms with van der Waals surface area (Å²) in [5.74, 6) is 0.394. The second-order valence-corrected chi connectivity index (χ2v) is 10.7. The van der Waals surface area contributed by atoms with E-state index in [0.717, 1.165) is 16.8 Å². The average molecular weight is 431 g/mol. The molecule has 8 heteroatoms. The van der Waals surface area contributed by atoms with Crippen LogP contribution in [0, 0.1) is 13.8 Å². The monoisotopic (exact) mass is 430 g/mol. The summed E-state index contributed by atoms with van der Waals surface area (Å²) in [7, 11) is -3.09. The van der Waals surface area contributed by atoms with Crippen LogP contribution in [-0.2, 0) is 14.6 Å². The molecular formula is C21H22N2O4S2. The van der Waals surface area contributed by atoms with E-state index in [-0.39, 0.29) is 29.4 Å². The number of amidine groups is 1. The third kappa shape index (κ3) is 4.33. The summed E-state index contributed by atoms with van der Waals surface area (Å²) in [6, 6.07) is 14.9. The van der Waals surface area contributed by atoms with E-state index in [4.69, 9.17) is 4.74 Å². The van der Waals surface area contributed by atoms with E-state index in [1.54, 1.807) is 12.1 Å². The van der Waals surface area contributed by atoms with Gasteiger partial charge < -0.3 is 9.64 Å². The van der Waals surface area contributed by atoms with Crippen LogP contribution in [0.2, 0.25) is 0 Å². The third-order valence-corrected chi connectivity index (χ3v) is 8.37. The van der Waals surface area contributed by atoms with Crippen molar-refractivity contribution in [3.05, 3.63) is 59.7 Å². The Hall–Kier alpha value is -2.32. The summed E-state index contributed by atoms with van der Waals surface area (Å²) >= 11 is 1.37. The minimum atomic E-state index is -3.09. The number of hydrogen-bond donors (Lipinski definition) is 0. The van der Waals surface area contributed by atoms with E-state index in [0.29, 0.717) is 10.9 Å². The minimum absolute atomic E-state index is 0.0747. The van der Waals surface area contributed by atoms with E-state index >= 15 is 0 Å². The molecule has 0 radical (unpaired) electrons. The Morgan fingerprint density at radius 1 is 1.14 bits per heavy atom. The SMILES string of the molecule is Cc1ccc(N2C(=NC(=O)COc3ccccc3)S[C@@H]3CS(=O)(=O)C[C@H]32)cc1C. The van der Waals surface area contributed by atoms with Crippen molar-refractivity contribution >= 4 is 38.4 Å². The van der Waals surface area contributed by atoms with Gasteiger partial charge in [-0.1, -0.05) is 36.0 Å². The van der Waals surface area contributed by atoms with Crippen molar-refractivity contribution in [2.24, 2.45) is 4.99 Å². The van der Waals surface area contributed by atoms with Gasteiger partial charge in [-0.15, -0.1) is 0 Å². The van der Waals surface area contributed by atoms with Crippen LogP contribution in [0.4, 0.5) is 5.69 Å². The van der Waals surface area contributed by atoms with Crippen molar-refractivity contribution in [2.75, 3.05) is 23.0 Å². The first-order chi connectivity index (χ1) is 13.8. The highest BCUT2D eigenvalue weighted by Crippen LogP contribution is 2.41. The van der Waals surface area contributed by atoms with Crippen molar-refractivity contribution in [3.8, 4) is 5.75 Å². The highest BCUT2D eigenvalue weighted by Gasteiger charge is 2.49. The topological polar surface area (TPSA) is 76.0 Å². The quantitative estimate of drug-likeness (QED) is 0.742. The van der Waals surface area contributed by atoms with Crippen molar-refractivity contribution in [1.29, 1.82) is 0 Å². The second-order valence-electron chi connectivity index (χ2n) is 7.33. The standard InChI is InChI=1S/C21H22N2O4S2/c1-14-8-9-16(10-15(14)2)23-18-12-29(25,26)13-19(18)28-21(23)22-20(24)11-27-17-6-4-3-5-7-17/h3-10,18-19H,11-13H2,1-2H3/t18-,19-/m1/s1. The molecule has 0 N–H and O–H groups in total. The molecule has 29 heavy (non-hydrogen) atoms. The van der Waals surface area contributed by atoms with E-state index in [1.165, 1.54) is 11.8 Å². The smallest absolute Gasteiger partial charge is 0.285 e. The summed E-state index contributed by atoms with van der Waals surface area (Å²) in [6.07, 6.45) is 0. The molecule has 4 rings (SSSR count). The van der Waals surface area contributed by atoms with Crippen molar-refractivity contribution in [3.63, 3.8) is 0 Å². The number of amides is 1. The molecule has 0 unspecified atom stereocenters. The van der Waals surface area contributed by atoms with E-state index in [9.17, 15) is 13.2 Å². The zero-order chi connectivity index (χ0) is 20.6. The Balaban J connectivity index is 1.59. The lowest BCUT2D eigenvalue weighted by molar-refractivity contribution is -0.119. The third-order valence-electron chi connectivity index (χ3n) is 5.16. The number of sulfone groups is 1. The number of fused-ring (bicyclic) bond motifs is 1. The number of para-hydroxylation sites is 1. The fraction of sp³-hybridized carbons (Fsp3) is 0.333. The predicted octanol–water partition coefficient (Wildman–Crippen LogP) is 2.98. The van der Waals surface area contributed by atoms with Gasteiger partial charge in [0.05, 0.1) is 17.5 Å². The Morgan fingerprint density at radius 2 is 1.90 bits per heavy atom. The zero-order valence-corrected chi connectivity index (χ0v) is 17.9. The summed E-state index contributed by atoms with van der Waals surface area (Å²) in [4.78, 5) is 18.6. The van der Waals surface area contributed by atoms with E-state index < -0.39 is 15.7 Å². The fourth-order valence-electron chi connectivity index (χ4n) is 3.54. The fourth-order valence-corrected chi connectivity index (χ4v) is 7.47. The molecule has 6 nitrogen and oxygen atoms in total. The van der Waals surface area contributed by atoms with Gasteiger partial charge in [0.1, 0.15) is 5.75 Å². The molecule has 2 saturated heterocycles. The second kappa shape index (κ2) is 7.84. The Bertz CT molecular complexity index is 1070. The molecule has 2 aliphatic rings. The highest BCUT2D eigenvalue weighted by atomic mass is 32.2. The maximum absolute atomic E-state index is 12.4. The first-order valence-corrected chi connectivity index (χ1v) is 12.1. The predicted molar refractivity (Wildman–Crippen MR) is 117 cm³/mol. The van der Waals surface area contributed by atoms with Crippen LogP contribution in [0.25, 0.3) is 0 Å². The van der Waals surface area contributed by atoms with Gasteiger partial charge in [-0.3, -0.25) is 4.79 Å². The lowest BCUT2D eigenvalue weighted by Crippen LogP contribution is -2.38. The largest absolute Gasteiger partial charge is 0.484 e. The number of hydrogen-bond acceptors (Lipinski definition) is 5. The van der Waals surface area contributed by atoms with Crippen LogP contribution in [0.5, 0.6) is 5.75 Å². The summed E-state index contributed by atoms with van der Waals surface area (Å²) in [5.41, 5.74) is 3.12. The molecule has 2 fully saturated rings. The maximum atomic E-state index is 12.4. The maximum Gasteiger partial charge on any atom is 0.285 e. The number of rotatable bonds is 4. The number of nitrogens with zero attached hydrogens (tertiary/aromatic N) is 2. The van der Waals surface area contributed by atoms with Gasteiger partial charge in [0.25, 0.3) is 5.91 Å². The molecule has 152 valence electrons. The van der Waals surface area contributed by atoms with Gasteiger partial charge in [-0.2, -0.15) is 4.99 Å². The van der Waals surface area contributed by atoms with Gasteiger partial charge >= 0.3 is 0 Å². The van der Waals surface area contributed by atoms with Gasteiger partial charge in [0.15, 0.2) is 21.6 Å². The van der Waals surface area contributed by atoms with Crippen molar-refractivity contribution in [1.82, 2.24) is 0 Å². The number of benzene rings is 2. The molecule has 0 aromatic heterocycles. The van der Waals surface area contributed by atoms with Crippen LogP contribution < -0.4 is 9.64 Å². The van der Waals surface area contributed by atoms with Crippen LogP contribution in [0.1, 0.15) is 11.1 Å². The number of carbonyl (C=O) groups is 1. The first-order valence-electron chi connectivity index (χ1n) is 9.35. The minimum Gasteiger partial charge on any atom is -0.484 e. The molecule has 1 amide bonds. The molecule has 2 heterocycles. The molecule has 0 spiro atoms. The molecule has 2 aromatic rings. The molecule has 2 aromatic carbocycles. The van der Waals surface area contributed by atoms with E-state index in [1.807, 2.05) is 55.1 Å². The number of thioether (sulfide) groups is 1. The van der Waals surface area contributed by atoms with Gasteiger partial charge in [0.2, 0.25) is 0 Å². The van der Waals surface area contributed by atoms with Crippen molar-refractivity contribution < 1.29 is 17.9 Å². The average Bonchev–Trinajstić information content (AvgIpc) is 3.14. The first kappa shape index (κ1) is 20.0. The van der Waals surface area contributed by atoms with Crippen molar-refractivity contribution in [2.45, 2.75) is 25.1 Å². The number of carbonyl (C=O) groups excluding carboxylic acids is 1. The number of aryl methyl sites for hydroxylation is 2. The number of ether oxygens (including phenoxy) is 1. The zero-order valence-electron chi connectivity index (χ0n) is 16.2. The summed E-state index contributed by atoms with van der Waals surface area (Å²) in [6.45, 7) is 3.88.